The summed E-state index contributed by atoms with van der Waals surface area (Å²) in [6.45, 7) is 6.09. The van der Waals surface area contributed by atoms with E-state index in [0.29, 0.717) is 12.3 Å². The zero-order valence-corrected chi connectivity index (χ0v) is 14.0. The maximum Gasteiger partial charge on any atom is 0.434 e. The second kappa shape index (κ2) is 9.93. The molecule has 0 spiro atoms. The highest BCUT2D eigenvalue weighted by Gasteiger charge is 2.24. The minimum Gasteiger partial charge on any atom is -0.411 e. The smallest absolute Gasteiger partial charge is 0.411 e. The molecule has 1 aromatic rings. The van der Waals surface area contributed by atoms with Crippen LogP contribution in [0.25, 0.3) is 0 Å². The van der Waals surface area contributed by atoms with E-state index in [4.69, 9.17) is 20.5 Å². The van der Waals surface area contributed by atoms with E-state index < -0.39 is 17.3 Å². The van der Waals surface area contributed by atoms with Crippen molar-refractivity contribution in [3.05, 3.63) is 22.5 Å². The molecule has 4 N–H and O–H groups in total. The normalized spacial score (nSPS) is 14.8. The van der Waals surface area contributed by atoms with Gasteiger partial charge in [0, 0.05) is 13.2 Å². The van der Waals surface area contributed by atoms with Gasteiger partial charge in [0.2, 0.25) is 0 Å². The molecule has 0 aromatic carbocycles. The number of hydrogen-bond donors (Lipinski definition) is 3. The van der Waals surface area contributed by atoms with Crippen LogP contribution in [0.4, 0.5) is 5.95 Å². The molecular weight excluding hydrogens is 320 g/mol. The summed E-state index contributed by atoms with van der Waals surface area (Å²) in [5, 5.41) is 23.2. The Hall–Kier alpha value is -2.08. The van der Waals surface area contributed by atoms with Crippen molar-refractivity contribution in [2.45, 2.75) is 39.6 Å². The summed E-state index contributed by atoms with van der Waals surface area (Å²) in [4.78, 5) is 19.4. The molecule has 136 valence electrons. The Morgan fingerprint density at radius 3 is 2.83 bits per heavy atom. The first kappa shape index (κ1) is 20.0. The molecule has 0 amide bonds. The van der Waals surface area contributed by atoms with Crippen molar-refractivity contribution in [1.29, 1.82) is 0 Å². The number of nitrogens with one attached hydrogen (secondary N) is 1. The van der Waals surface area contributed by atoms with Crippen LogP contribution in [0.1, 0.15) is 20.8 Å². The van der Waals surface area contributed by atoms with Gasteiger partial charge in [-0.3, -0.25) is 4.84 Å². The molecular formula is C13H24N6O5. The fourth-order valence-corrected chi connectivity index (χ4v) is 1.97. The van der Waals surface area contributed by atoms with E-state index in [-0.39, 0.29) is 25.0 Å². The van der Waals surface area contributed by atoms with E-state index in [0.717, 1.165) is 0 Å². The van der Waals surface area contributed by atoms with Gasteiger partial charge in [-0.1, -0.05) is 24.0 Å². The maximum absolute atomic E-state index is 10.9. The molecule has 2 atom stereocenters. The number of rotatable bonds is 11. The van der Waals surface area contributed by atoms with Gasteiger partial charge in [-0.15, -0.1) is 0 Å². The third-order valence-electron chi connectivity index (χ3n) is 3.17. The Labute approximate surface area is 139 Å². The van der Waals surface area contributed by atoms with Crippen molar-refractivity contribution in [3.8, 4) is 0 Å². The molecule has 0 radical (unpaired) electrons. The summed E-state index contributed by atoms with van der Waals surface area (Å²) in [5.41, 5.74) is 8.69. The number of hydrogen-bond acceptors (Lipinski definition) is 9. The summed E-state index contributed by atoms with van der Waals surface area (Å²) in [5.74, 6) is -0.369. The number of nitro groups is 1. The Bertz CT molecular complexity index is 547. The Kier molecular flexibility index (Phi) is 8.26. The third kappa shape index (κ3) is 5.53. The molecule has 1 rings (SSSR count). The van der Waals surface area contributed by atoms with Gasteiger partial charge in [0.1, 0.15) is 30.8 Å². The van der Waals surface area contributed by atoms with Crippen LogP contribution in [0.5, 0.6) is 0 Å². The topological polar surface area (TPSA) is 150 Å². The van der Waals surface area contributed by atoms with Gasteiger partial charge in [0.25, 0.3) is 0 Å². The van der Waals surface area contributed by atoms with E-state index in [2.05, 4.69) is 15.6 Å². The first-order chi connectivity index (χ1) is 11.4. The molecule has 1 aromatic heterocycles. The number of ether oxygens (including phenoxy) is 1. The van der Waals surface area contributed by atoms with Crippen LogP contribution >= 0.6 is 0 Å². The Morgan fingerprint density at radius 2 is 2.33 bits per heavy atom. The lowest BCUT2D eigenvalue weighted by Crippen LogP contribution is -2.45. The number of aromatic nitrogens is 2. The Morgan fingerprint density at radius 1 is 1.62 bits per heavy atom. The molecule has 0 fully saturated rings. The number of imidazole rings is 1. The quantitative estimate of drug-likeness (QED) is 0.172. The van der Waals surface area contributed by atoms with Crippen LogP contribution in [0.15, 0.2) is 17.5 Å². The van der Waals surface area contributed by atoms with Gasteiger partial charge in [0.05, 0.1) is 0 Å². The lowest BCUT2D eigenvalue weighted by atomic mass is 10.1. The number of hydroxylamine groups is 1. The minimum atomic E-state index is -0.758. The standard InChI is InChI=1S/C13H24N6O5/c1-4-23-12(11(16-20)9(2)3)17-24-10(7-14)8-18-6-5-15-13(18)19(21)22/h5-6,9-10,12,17,20H,4,7-8,14H2,1-3H3. The number of nitrogens with zero attached hydrogens (tertiary/aromatic N) is 4. The SMILES string of the molecule is CCOC(NOC(CN)Cn1ccnc1[N+](=O)[O-])C(=NO)C(C)C. The third-order valence-corrected chi connectivity index (χ3v) is 3.17. The van der Waals surface area contributed by atoms with Crippen molar-refractivity contribution in [2.75, 3.05) is 13.2 Å². The highest BCUT2D eigenvalue weighted by atomic mass is 16.7. The van der Waals surface area contributed by atoms with Crippen LogP contribution in [-0.2, 0) is 16.1 Å². The largest absolute Gasteiger partial charge is 0.434 e. The minimum absolute atomic E-state index is 0.0753. The van der Waals surface area contributed by atoms with Crippen molar-refractivity contribution in [2.24, 2.45) is 16.8 Å². The Balaban J connectivity index is 2.72. The molecule has 11 heteroatoms. The molecule has 0 aliphatic rings. The average molecular weight is 344 g/mol. The van der Waals surface area contributed by atoms with Crippen LogP contribution in [-0.4, -0.2) is 50.9 Å². The highest BCUT2D eigenvalue weighted by Crippen LogP contribution is 2.10. The molecule has 24 heavy (non-hydrogen) atoms. The van der Waals surface area contributed by atoms with Crippen molar-refractivity contribution >= 4 is 11.7 Å². The summed E-state index contributed by atoms with van der Waals surface area (Å²) >= 11 is 0. The molecule has 0 bridgehead atoms. The van der Waals surface area contributed by atoms with Crippen molar-refractivity contribution in [1.82, 2.24) is 15.0 Å². The fourth-order valence-electron chi connectivity index (χ4n) is 1.97. The van der Waals surface area contributed by atoms with E-state index in [1.54, 1.807) is 6.92 Å². The van der Waals surface area contributed by atoms with Crippen LogP contribution in [0.3, 0.4) is 0 Å². The summed E-state index contributed by atoms with van der Waals surface area (Å²) in [6.07, 6.45) is 1.47. The summed E-state index contributed by atoms with van der Waals surface area (Å²) in [6, 6.07) is 0. The molecule has 0 saturated carbocycles. The van der Waals surface area contributed by atoms with Gasteiger partial charge in [-0.05, 0) is 17.8 Å². The van der Waals surface area contributed by atoms with E-state index in [9.17, 15) is 10.1 Å². The first-order valence-electron chi connectivity index (χ1n) is 7.54. The van der Waals surface area contributed by atoms with Gasteiger partial charge >= 0.3 is 5.95 Å². The van der Waals surface area contributed by atoms with Crippen LogP contribution < -0.4 is 11.2 Å². The monoisotopic (exact) mass is 344 g/mol. The molecule has 1 heterocycles. The van der Waals surface area contributed by atoms with Gasteiger partial charge in [0.15, 0.2) is 6.23 Å². The van der Waals surface area contributed by atoms with Crippen molar-refractivity contribution in [3.63, 3.8) is 0 Å². The van der Waals surface area contributed by atoms with Crippen LogP contribution in [0, 0.1) is 16.0 Å². The van der Waals surface area contributed by atoms with E-state index in [1.807, 2.05) is 13.8 Å². The maximum atomic E-state index is 10.9. The first-order valence-corrected chi connectivity index (χ1v) is 7.54. The second-order valence-corrected chi connectivity index (χ2v) is 5.25. The lowest BCUT2D eigenvalue weighted by Gasteiger charge is -2.24. The predicted molar refractivity (Wildman–Crippen MR) is 85.4 cm³/mol. The van der Waals surface area contributed by atoms with Gasteiger partial charge in [-0.2, -0.15) is 5.48 Å². The molecule has 0 aliphatic carbocycles. The van der Waals surface area contributed by atoms with Gasteiger partial charge < -0.3 is 25.8 Å². The molecule has 11 nitrogen and oxygen atoms in total. The predicted octanol–water partition coefficient (Wildman–Crippen LogP) is 0.489. The van der Waals surface area contributed by atoms with Crippen molar-refractivity contribution < 1.29 is 19.7 Å². The molecule has 0 aliphatic heterocycles. The molecule has 2 unspecified atom stereocenters. The number of nitrogens with two attached hydrogens (primary N) is 1. The average Bonchev–Trinajstić information content (AvgIpc) is 2.99. The fraction of sp³-hybridized carbons (Fsp3) is 0.692. The number of oxime groups is 1. The summed E-state index contributed by atoms with van der Waals surface area (Å²) in [7, 11) is 0. The lowest BCUT2D eigenvalue weighted by molar-refractivity contribution is -0.397. The summed E-state index contributed by atoms with van der Waals surface area (Å²) < 4.78 is 6.79. The van der Waals surface area contributed by atoms with E-state index >= 15 is 0 Å². The van der Waals surface area contributed by atoms with Crippen LogP contribution in [0.2, 0.25) is 0 Å². The van der Waals surface area contributed by atoms with Gasteiger partial charge in [-0.25, -0.2) is 4.57 Å². The van der Waals surface area contributed by atoms with E-state index in [1.165, 1.54) is 17.0 Å². The highest BCUT2D eigenvalue weighted by molar-refractivity contribution is 5.89. The zero-order valence-electron chi connectivity index (χ0n) is 14.0. The zero-order chi connectivity index (χ0) is 18.1. The molecule has 0 saturated heterocycles. The second-order valence-electron chi connectivity index (χ2n) is 5.25.